The minimum Gasteiger partial charge on any atom is -0.306 e. The molecule has 0 saturated carbocycles. The van der Waals surface area contributed by atoms with Gasteiger partial charge in [0, 0.05) is 37.4 Å². The summed E-state index contributed by atoms with van der Waals surface area (Å²) in [5, 5.41) is 12.1. The van der Waals surface area contributed by atoms with Gasteiger partial charge in [-0.05, 0) is 19.0 Å². The predicted octanol–water partition coefficient (Wildman–Crippen LogP) is 2.03. The molecule has 1 aliphatic heterocycles. The van der Waals surface area contributed by atoms with Gasteiger partial charge in [0.15, 0.2) is 5.78 Å². The second-order valence-electron chi connectivity index (χ2n) is 7.43. The maximum atomic E-state index is 13.1. The van der Waals surface area contributed by atoms with Crippen LogP contribution in [0.25, 0.3) is 11.3 Å². The Morgan fingerprint density at radius 3 is 2.63 bits per heavy atom. The third kappa shape index (κ3) is 3.11. The molecule has 0 unspecified atom stereocenters. The molecule has 0 atom stereocenters. The van der Waals surface area contributed by atoms with Crippen molar-refractivity contribution in [3.05, 3.63) is 35.0 Å². The second kappa shape index (κ2) is 6.79. The van der Waals surface area contributed by atoms with Crippen LogP contribution in [-0.2, 0) is 0 Å². The number of H-pyrrole nitrogens is 1. The van der Waals surface area contributed by atoms with Crippen molar-refractivity contribution >= 4 is 17.5 Å². The Bertz CT molecular complexity index is 896. The lowest BCUT2D eigenvalue weighted by atomic mass is 10.0. The Kier molecular flexibility index (Phi) is 4.45. The first kappa shape index (κ1) is 17.7. The Balaban J connectivity index is 1.55. The second-order valence-corrected chi connectivity index (χ2v) is 7.43. The fourth-order valence-electron chi connectivity index (χ4n) is 3.63. The number of anilines is 1. The van der Waals surface area contributed by atoms with E-state index in [2.05, 4.69) is 32.9 Å². The lowest BCUT2D eigenvalue weighted by molar-refractivity contribution is 0.104. The number of aromatic amines is 1. The van der Waals surface area contributed by atoms with Crippen LogP contribution in [0.1, 0.15) is 41.4 Å². The molecule has 0 radical (unpaired) electrons. The molecule has 142 valence electrons. The number of amides is 2. The molecule has 2 aromatic rings. The third-order valence-corrected chi connectivity index (χ3v) is 5.16. The molecule has 1 aromatic heterocycles. The molecule has 2 aliphatic rings. The summed E-state index contributed by atoms with van der Waals surface area (Å²) in [6.07, 6.45) is 0. The summed E-state index contributed by atoms with van der Waals surface area (Å²) in [6.45, 7) is 7.38. The van der Waals surface area contributed by atoms with E-state index in [1.807, 2.05) is 31.0 Å². The van der Waals surface area contributed by atoms with E-state index < -0.39 is 0 Å². The van der Waals surface area contributed by atoms with Gasteiger partial charge in [0.1, 0.15) is 5.69 Å². The minimum atomic E-state index is -0.337. The van der Waals surface area contributed by atoms with Crippen molar-refractivity contribution in [3.8, 4) is 11.3 Å². The van der Waals surface area contributed by atoms with Crippen molar-refractivity contribution in [3.63, 3.8) is 0 Å². The number of hydrogen-bond acceptors (Lipinski definition) is 5. The molecule has 4 rings (SSSR count). The monoisotopic (exact) mass is 368 g/mol. The molecule has 2 amide bonds. The minimum absolute atomic E-state index is 0.0899. The molecule has 1 aromatic carbocycles. The summed E-state index contributed by atoms with van der Waals surface area (Å²) in [6, 6.07) is 5.12. The average molecular weight is 368 g/mol. The highest BCUT2D eigenvalue weighted by Gasteiger charge is 2.35. The van der Waals surface area contributed by atoms with Gasteiger partial charge >= 0.3 is 6.03 Å². The molecule has 8 nitrogen and oxygen atoms in total. The molecule has 2 heterocycles. The highest BCUT2D eigenvalue weighted by molar-refractivity contribution is 6.25. The van der Waals surface area contributed by atoms with Gasteiger partial charge in [-0.15, -0.1) is 0 Å². The summed E-state index contributed by atoms with van der Waals surface area (Å²) in [4.78, 5) is 27.7. The molecule has 1 fully saturated rings. The van der Waals surface area contributed by atoms with Gasteiger partial charge in [0.05, 0.1) is 16.8 Å². The van der Waals surface area contributed by atoms with E-state index in [0.717, 1.165) is 37.4 Å². The topological polar surface area (TPSA) is 93.4 Å². The first-order valence-electron chi connectivity index (χ1n) is 9.23. The number of fused-ring (bicyclic) bond motifs is 3. The standard InChI is InChI=1S/C19H24N6O2/c1-11(2)16-15-17(22-21-16)12-5-4-6-13(14(12)18(15)26)20-19(27)23-25-9-7-24(3)8-10-25/h4-6,11H,7-10H2,1-3H3,(H,21,22)(H2,20,23,27). The van der Waals surface area contributed by atoms with Crippen molar-refractivity contribution in [1.29, 1.82) is 0 Å². The van der Waals surface area contributed by atoms with Crippen LogP contribution in [-0.4, -0.2) is 65.1 Å². The number of ketones is 1. The van der Waals surface area contributed by atoms with Gasteiger partial charge in [-0.2, -0.15) is 5.10 Å². The van der Waals surface area contributed by atoms with E-state index in [-0.39, 0.29) is 17.7 Å². The van der Waals surface area contributed by atoms with Gasteiger partial charge in [0.2, 0.25) is 0 Å². The average Bonchev–Trinajstić information content (AvgIpc) is 3.18. The molecule has 3 N–H and O–H groups in total. The lowest BCUT2D eigenvalue weighted by Gasteiger charge is -2.32. The van der Waals surface area contributed by atoms with E-state index in [1.54, 1.807) is 6.07 Å². The highest BCUT2D eigenvalue weighted by atomic mass is 16.2. The maximum Gasteiger partial charge on any atom is 0.333 e. The van der Waals surface area contributed by atoms with Crippen LogP contribution in [0.2, 0.25) is 0 Å². The number of benzene rings is 1. The lowest BCUT2D eigenvalue weighted by Crippen LogP contribution is -2.53. The number of aromatic nitrogens is 2. The number of nitrogens with zero attached hydrogens (tertiary/aromatic N) is 3. The molecule has 8 heteroatoms. The molecular weight excluding hydrogens is 344 g/mol. The summed E-state index contributed by atoms with van der Waals surface area (Å²) < 4.78 is 0. The summed E-state index contributed by atoms with van der Waals surface area (Å²) in [5.74, 6) is 0.0735. The van der Waals surface area contributed by atoms with Crippen LogP contribution in [0.3, 0.4) is 0 Å². The summed E-state index contributed by atoms with van der Waals surface area (Å²) >= 11 is 0. The van der Waals surface area contributed by atoms with E-state index in [4.69, 9.17) is 0 Å². The number of carbonyl (C=O) groups is 2. The van der Waals surface area contributed by atoms with Crippen LogP contribution in [0, 0.1) is 0 Å². The molecular formula is C19H24N6O2. The van der Waals surface area contributed by atoms with Crippen LogP contribution in [0.4, 0.5) is 10.5 Å². The normalized spacial score (nSPS) is 17.1. The van der Waals surface area contributed by atoms with Gasteiger partial charge in [0.25, 0.3) is 0 Å². The molecule has 1 aliphatic carbocycles. The number of hydrazine groups is 1. The Morgan fingerprint density at radius 1 is 1.19 bits per heavy atom. The van der Waals surface area contributed by atoms with Crippen LogP contribution in [0.15, 0.2) is 18.2 Å². The van der Waals surface area contributed by atoms with Crippen molar-refractivity contribution < 1.29 is 9.59 Å². The van der Waals surface area contributed by atoms with Crippen molar-refractivity contribution in [2.24, 2.45) is 0 Å². The molecule has 0 spiro atoms. The summed E-state index contributed by atoms with van der Waals surface area (Å²) in [5.41, 5.74) is 6.77. The van der Waals surface area contributed by atoms with E-state index in [0.29, 0.717) is 22.5 Å². The van der Waals surface area contributed by atoms with Crippen molar-refractivity contribution in [1.82, 2.24) is 25.5 Å². The van der Waals surface area contributed by atoms with Crippen molar-refractivity contribution in [2.45, 2.75) is 19.8 Å². The zero-order valence-electron chi connectivity index (χ0n) is 15.8. The molecule has 27 heavy (non-hydrogen) atoms. The fourth-order valence-corrected chi connectivity index (χ4v) is 3.63. The van der Waals surface area contributed by atoms with Crippen LogP contribution in [0.5, 0.6) is 0 Å². The van der Waals surface area contributed by atoms with E-state index in [9.17, 15) is 9.59 Å². The largest absolute Gasteiger partial charge is 0.333 e. The van der Waals surface area contributed by atoms with Gasteiger partial charge < -0.3 is 10.2 Å². The number of piperazine rings is 1. The third-order valence-electron chi connectivity index (χ3n) is 5.16. The molecule has 0 bridgehead atoms. The zero-order valence-corrected chi connectivity index (χ0v) is 15.8. The Morgan fingerprint density at radius 2 is 1.93 bits per heavy atom. The zero-order chi connectivity index (χ0) is 19.1. The number of likely N-dealkylation sites (N-methyl/N-ethyl adjacent to an activating group) is 1. The Hall–Kier alpha value is -2.71. The quantitative estimate of drug-likeness (QED) is 0.658. The number of urea groups is 1. The number of carbonyl (C=O) groups excluding carboxylic acids is 2. The predicted molar refractivity (Wildman–Crippen MR) is 103 cm³/mol. The maximum absolute atomic E-state index is 13.1. The fraction of sp³-hybridized carbons (Fsp3) is 0.421. The smallest absolute Gasteiger partial charge is 0.306 e. The van der Waals surface area contributed by atoms with Gasteiger partial charge in [-0.3, -0.25) is 15.3 Å². The molecule has 1 saturated heterocycles. The van der Waals surface area contributed by atoms with E-state index in [1.165, 1.54) is 0 Å². The number of rotatable bonds is 3. The SMILES string of the molecule is CC(C)c1[nH]nc2c1C(=O)c1c(NC(=O)NN3CCN(C)CC3)cccc1-2. The van der Waals surface area contributed by atoms with Crippen molar-refractivity contribution in [2.75, 3.05) is 38.5 Å². The Labute approximate surface area is 157 Å². The van der Waals surface area contributed by atoms with E-state index >= 15 is 0 Å². The van der Waals surface area contributed by atoms with Crippen LogP contribution >= 0.6 is 0 Å². The van der Waals surface area contributed by atoms with Gasteiger partial charge in [-0.1, -0.05) is 26.0 Å². The summed E-state index contributed by atoms with van der Waals surface area (Å²) in [7, 11) is 2.06. The first-order valence-corrected chi connectivity index (χ1v) is 9.23. The number of nitrogens with one attached hydrogen (secondary N) is 3. The number of hydrogen-bond donors (Lipinski definition) is 3. The van der Waals surface area contributed by atoms with Gasteiger partial charge in [-0.25, -0.2) is 9.80 Å². The highest BCUT2D eigenvalue weighted by Crippen LogP contribution is 2.41. The first-order chi connectivity index (χ1) is 13.0. The van der Waals surface area contributed by atoms with Crippen LogP contribution < -0.4 is 10.7 Å².